The zero-order valence-electron chi connectivity index (χ0n) is 11.7. The fraction of sp³-hybridized carbons (Fsp3) is 0.500. The van der Waals surface area contributed by atoms with E-state index in [1.165, 1.54) is 7.11 Å². The molecule has 21 heavy (non-hydrogen) atoms. The number of alkyl halides is 3. The van der Waals surface area contributed by atoms with Gasteiger partial charge in [-0.25, -0.2) is 0 Å². The predicted molar refractivity (Wildman–Crippen MR) is 70.7 cm³/mol. The van der Waals surface area contributed by atoms with Gasteiger partial charge in [0.05, 0.1) is 20.1 Å². The van der Waals surface area contributed by atoms with Crippen molar-refractivity contribution in [2.45, 2.75) is 19.1 Å². The summed E-state index contributed by atoms with van der Waals surface area (Å²) in [5.41, 5.74) is 1.73. The summed E-state index contributed by atoms with van der Waals surface area (Å²) in [6, 6.07) is 7.31. The molecule has 0 aromatic heterocycles. The molecule has 1 aromatic rings. The molecule has 1 aromatic carbocycles. The van der Waals surface area contributed by atoms with Gasteiger partial charge in [0, 0.05) is 13.1 Å². The Balaban J connectivity index is 2.33. The summed E-state index contributed by atoms with van der Waals surface area (Å²) in [7, 11) is 1.32. The molecule has 118 valence electrons. The Kier molecular flexibility index (Phi) is 7.18. The molecule has 0 bridgehead atoms. The molecule has 0 heterocycles. The molecule has 0 atom stereocenters. The second-order valence-electron chi connectivity index (χ2n) is 4.37. The zero-order chi connectivity index (χ0) is 15.7. The van der Waals surface area contributed by atoms with E-state index in [1.807, 2.05) is 24.3 Å². The third-order valence-corrected chi connectivity index (χ3v) is 2.69. The van der Waals surface area contributed by atoms with Crippen LogP contribution in [0.5, 0.6) is 0 Å². The normalized spacial score (nSPS) is 11.4. The van der Waals surface area contributed by atoms with E-state index in [0.717, 1.165) is 11.1 Å². The van der Waals surface area contributed by atoms with E-state index in [0.29, 0.717) is 13.1 Å². The molecular formula is C14H18F3NO3. The first-order valence-corrected chi connectivity index (χ1v) is 6.41. The highest BCUT2D eigenvalue weighted by Crippen LogP contribution is 2.14. The average molecular weight is 305 g/mol. The molecule has 1 N–H and O–H groups in total. The van der Waals surface area contributed by atoms with Gasteiger partial charge in [0.25, 0.3) is 0 Å². The van der Waals surface area contributed by atoms with Gasteiger partial charge in [-0.1, -0.05) is 24.3 Å². The minimum Gasteiger partial charge on any atom is -0.469 e. The number of hydrogen-bond donors (Lipinski definition) is 1. The van der Waals surface area contributed by atoms with Crippen molar-refractivity contribution in [3.05, 3.63) is 35.4 Å². The molecule has 0 aliphatic rings. The summed E-state index contributed by atoms with van der Waals surface area (Å²) in [5, 5.41) is 2.98. The smallest absolute Gasteiger partial charge is 0.411 e. The molecule has 1 rings (SSSR count). The maximum Gasteiger partial charge on any atom is 0.411 e. The fourth-order valence-corrected chi connectivity index (χ4v) is 1.69. The molecule has 0 amide bonds. The number of ether oxygens (including phenoxy) is 2. The third kappa shape index (κ3) is 7.67. The van der Waals surface area contributed by atoms with Crippen LogP contribution in [-0.2, 0) is 27.2 Å². The van der Waals surface area contributed by atoms with Gasteiger partial charge in [-0.3, -0.25) is 4.79 Å². The van der Waals surface area contributed by atoms with Crippen LogP contribution < -0.4 is 5.32 Å². The Hall–Kier alpha value is -1.60. The molecule has 7 heteroatoms. The van der Waals surface area contributed by atoms with Crippen LogP contribution in [0.2, 0.25) is 0 Å². The standard InChI is InChI=1S/C14H18F3NO3/c1-20-13(19)8-11-4-2-3-5-12(11)9-18-6-7-21-10-14(15,16)17/h2-5,18H,6-10H2,1H3. The Morgan fingerprint density at radius 1 is 1.24 bits per heavy atom. The van der Waals surface area contributed by atoms with Crippen LogP contribution in [0.4, 0.5) is 13.2 Å². The van der Waals surface area contributed by atoms with E-state index in [1.54, 1.807) is 0 Å². The largest absolute Gasteiger partial charge is 0.469 e. The van der Waals surface area contributed by atoms with Gasteiger partial charge in [0.15, 0.2) is 0 Å². The van der Waals surface area contributed by atoms with E-state index in [4.69, 9.17) is 0 Å². The number of nitrogens with one attached hydrogen (secondary N) is 1. The van der Waals surface area contributed by atoms with Gasteiger partial charge in [-0.05, 0) is 11.1 Å². The van der Waals surface area contributed by atoms with Gasteiger partial charge in [-0.15, -0.1) is 0 Å². The van der Waals surface area contributed by atoms with Crippen molar-refractivity contribution in [2.24, 2.45) is 0 Å². The van der Waals surface area contributed by atoms with Gasteiger partial charge in [0.2, 0.25) is 0 Å². The zero-order valence-corrected chi connectivity index (χ0v) is 11.7. The van der Waals surface area contributed by atoms with Gasteiger partial charge in [0.1, 0.15) is 6.61 Å². The second-order valence-corrected chi connectivity index (χ2v) is 4.37. The van der Waals surface area contributed by atoms with Gasteiger partial charge in [-0.2, -0.15) is 13.2 Å². The number of rotatable bonds is 8. The van der Waals surface area contributed by atoms with Gasteiger partial charge < -0.3 is 14.8 Å². The van der Waals surface area contributed by atoms with Crippen LogP contribution in [0.25, 0.3) is 0 Å². The van der Waals surface area contributed by atoms with Gasteiger partial charge >= 0.3 is 12.1 Å². The van der Waals surface area contributed by atoms with E-state index < -0.39 is 12.8 Å². The Bertz CT molecular complexity index is 449. The second kappa shape index (κ2) is 8.63. The van der Waals surface area contributed by atoms with Crippen LogP contribution in [0, 0.1) is 0 Å². The molecule has 0 spiro atoms. The minimum absolute atomic E-state index is 0.0291. The maximum absolute atomic E-state index is 11.8. The van der Waals surface area contributed by atoms with Crippen molar-refractivity contribution in [1.82, 2.24) is 5.32 Å². The average Bonchev–Trinajstić information content (AvgIpc) is 2.43. The lowest BCUT2D eigenvalue weighted by Gasteiger charge is -2.11. The number of benzene rings is 1. The van der Waals surface area contributed by atoms with E-state index >= 15 is 0 Å². The van der Waals surface area contributed by atoms with Crippen molar-refractivity contribution in [3.8, 4) is 0 Å². The van der Waals surface area contributed by atoms with Crippen molar-refractivity contribution in [3.63, 3.8) is 0 Å². The summed E-state index contributed by atoms with van der Waals surface area (Å²) < 4.78 is 44.6. The number of carbonyl (C=O) groups excluding carboxylic acids is 1. The molecule has 0 fully saturated rings. The lowest BCUT2D eigenvalue weighted by molar-refractivity contribution is -0.173. The van der Waals surface area contributed by atoms with Crippen molar-refractivity contribution in [1.29, 1.82) is 0 Å². The lowest BCUT2D eigenvalue weighted by Crippen LogP contribution is -2.24. The van der Waals surface area contributed by atoms with Crippen molar-refractivity contribution in [2.75, 3.05) is 26.9 Å². The van der Waals surface area contributed by atoms with Crippen molar-refractivity contribution >= 4 is 5.97 Å². The first-order chi connectivity index (χ1) is 9.92. The molecular weight excluding hydrogens is 287 g/mol. The summed E-state index contributed by atoms with van der Waals surface area (Å²) in [6.45, 7) is -0.530. The highest BCUT2D eigenvalue weighted by atomic mass is 19.4. The minimum atomic E-state index is -4.30. The molecule has 0 aliphatic heterocycles. The molecule has 0 aliphatic carbocycles. The van der Waals surface area contributed by atoms with Crippen molar-refractivity contribution < 1.29 is 27.4 Å². The first kappa shape index (κ1) is 17.5. The summed E-state index contributed by atoms with van der Waals surface area (Å²) >= 11 is 0. The topological polar surface area (TPSA) is 47.6 Å². The fourth-order valence-electron chi connectivity index (χ4n) is 1.69. The summed E-state index contributed by atoms with van der Waals surface area (Å²) in [4.78, 5) is 11.3. The molecule has 0 saturated heterocycles. The highest BCUT2D eigenvalue weighted by molar-refractivity contribution is 5.72. The Labute approximate surface area is 121 Å². The molecule has 4 nitrogen and oxygen atoms in total. The lowest BCUT2D eigenvalue weighted by atomic mass is 10.0. The molecule has 0 saturated carbocycles. The van der Waals surface area contributed by atoms with Crippen LogP contribution in [0.3, 0.4) is 0 Å². The Morgan fingerprint density at radius 2 is 1.90 bits per heavy atom. The summed E-state index contributed by atoms with van der Waals surface area (Å²) in [5.74, 6) is -0.337. The first-order valence-electron chi connectivity index (χ1n) is 6.41. The van der Waals surface area contributed by atoms with Crippen LogP contribution in [-0.4, -0.2) is 39.0 Å². The number of esters is 1. The summed E-state index contributed by atoms with van der Waals surface area (Å²) in [6.07, 6.45) is -4.13. The quantitative estimate of drug-likeness (QED) is 0.590. The number of carbonyl (C=O) groups is 1. The maximum atomic E-state index is 11.8. The highest BCUT2D eigenvalue weighted by Gasteiger charge is 2.27. The van der Waals surface area contributed by atoms with Crippen LogP contribution in [0.15, 0.2) is 24.3 Å². The number of hydrogen-bond acceptors (Lipinski definition) is 4. The Morgan fingerprint density at radius 3 is 2.52 bits per heavy atom. The monoisotopic (exact) mass is 305 g/mol. The third-order valence-electron chi connectivity index (χ3n) is 2.69. The predicted octanol–water partition coefficient (Wildman–Crippen LogP) is 2.07. The van der Waals surface area contributed by atoms with E-state index in [9.17, 15) is 18.0 Å². The SMILES string of the molecule is COC(=O)Cc1ccccc1CNCCOCC(F)(F)F. The van der Waals surface area contributed by atoms with E-state index in [-0.39, 0.29) is 19.0 Å². The number of halogens is 3. The molecule has 0 unspecified atom stereocenters. The number of methoxy groups -OCH3 is 1. The molecule has 0 radical (unpaired) electrons. The van der Waals surface area contributed by atoms with Crippen LogP contribution in [0.1, 0.15) is 11.1 Å². The van der Waals surface area contributed by atoms with E-state index in [2.05, 4.69) is 14.8 Å². The van der Waals surface area contributed by atoms with Crippen LogP contribution >= 0.6 is 0 Å².